The molecule has 0 radical (unpaired) electrons. The van der Waals surface area contributed by atoms with Crippen molar-refractivity contribution in [1.29, 1.82) is 5.26 Å². The van der Waals surface area contributed by atoms with Crippen LogP contribution >= 0.6 is 0 Å². The fraction of sp³-hybridized carbons (Fsp3) is 0.423. The lowest BCUT2D eigenvalue weighted by atomic mass is 9.59. The number of fused-ring (bicyclic) bond motifs is 3. The van der Waals surface area contributed by atoms with Gasteiger partial charge in [-0.25, -0.2) is 9.38 Å². The van der Waals surface area contributed by atoms with E-state index in [2.05, 4.69) is 6.07 Å². The predicted molar refractivity (Wildman–Crippen MR) is 123 cm³/mol. The van der Waals surface area contributed by atoms with Gasteiger partial charge in [-0.15, -0.1) is 0 Å². The van der Waals surface area contributed by atoms with Crippen molar-refractivity contribution < 1.29 is 13.9 Å². The highest BCUT2D eigenvalue weighted by molar-refractivity contribution is 6.02. The Morgan fingerprint density at radius 2 is 2.03 bits per heavy atom. The molecule has 2 N–H and O–H groups in total. The topological polar surface area (TPSA) is 91.7 Å². The first kappa shape index (κ1) is 21.6. The molecule has 7 heteroatoms. The summed E-state index contributed by atoms with van der Waals surface area (Å²) >= 11 is 0. The molecule has 0 amide bonds. The largest absolute Gasteiger partial charge is 0.381 e. The first-order valence-electron chi connectivity index (χ1n) is 11.3. The highest BCUT2D eigenvalue weighted by Crippen LogP contribution is 2.63. The molecule has 3 aliphatic rings. The Kier molecular flexibility index (Phi) is 5.02. The number of nitrogens with two attached hydrogens (primary N) is 1. The van der Waals surface area contributed by atoms with E-state index < -0.39 is 11.0 Å². The molecule has 5 rings (SSSR count). The molecule has 33 heavy (non-hydrogen) atoms. The average Bonchev–Trinajstić information content (AvgIpc) is 3.10. The Bertz CT molecular complexity index is 1210. The molecule has 0 saturated heterocycles. The molecule has 1 heterocycles. The van der Waals surface area contributed by atoms with Crippen molar-refractivity contribution in [2.45, 2.75) is 43.7 Å². The van der Waals surface area contributed by atoms with E-state index in [1.165, 1.54) is 6.07 Å². The van der Waals surface area contributed by atoms with Gasteiger partial charge in [0.25, 0.3) is 0 Å². The molecule has 1 aliphatic heterocycles. The maximum absolute atomic E-state index is 15.4. The molecule has 6 nitrogen and oxygen atoms in total. The number of halogens is 1. The predicted octanol–water partition coefficient (Wildman–Crippen LogP) is 3.52. The molecule has 170 valence electrons. The summed E-state index contributed by atoms with van der Waals surface area (Å²) in [5, 5.41) is 9.42. The lowest BCUT2D eigenvalue weighted by Gasteiger charge is -2.49. The summed E-state index contributed by atoms with van der Waals surface area (Å²) in [5.74, 6) is -0.0930. The zero-order valence-electron chi connectivity index (χ0n) is 18.9. The second-order valence-electron chi connectivity index (χ2n) is 9.49. The molecule has 2 aromatic carbocycles. The van der Waals surface area contributed by atoms with Crippen molar-refractivity contribution in [1.82, 2.24) is 4.90 Å². The van der Waals surface area contributed by atoms with Crippen LogP contribution in [-0.4, -0.2) is 43.4 Å². The van der Waals surface area contributed by atoms with Gasteiger partial charge in [0.2, 0.25) is 0 Å². The number of carbonyl (C=O) groups excluding carboxylic acids is 1. The second kappa shape index (κ2) is 7.67. The lowest BCUT2D eigenvalue weighted by Crippen LogP contribution is -2.58. The van der Waals surface area contributed by atoms with Crippen molar-refractivity contribution in [3.8, 4) is 17.2 Å². The van der Waals surface area contributed by atoms with Crippen LogP contribution in [0.3, 0.4) is 0 Å². The van der Waals surface area contributed by atoms with Gasteiger partial charge in [0.05, 0.1) is 24.3 Å². The van der Waals surface area contributed by atoms with Gasteiger partial charge in [-0.05, 0) is 67.0 Å². The van der Waals surface area contributed by atoms with E-state index in [1.54, 1.807) is 43.3 Å². The van der Waals surface area contributed by atoms with Crippen LogP contribution in [0.5, 0.6) is 0 Å². The Morgan fingerprint density at radius 3 is 2.73 bits per heavy atom. The quantitative estimate of drug-likeness (QED) is 0.762. The van der Waals surface area contributed by atoms with E-state index in [4.69, 9.17) is 15.5 Å². The maximum atomic E-state index is 15.4. The fourth-order valence-electron chi connectivity index (χ4n) is 6.19. The van der Waals surface area contributed by atoms with Gasteiger partial charge in [0.1, 0.15) is 5.82 Å². The number of aliphatic imine (C=N–C) groups is 1. The van der Waals surface area contributed by atoms with Crippen molar-refractivity contribution in [2.24, 2.45) is 16.1 Å². The number of guanidine groups is 1. The third-order valence-electron chi connectivity index (χ3n) is 7.88. The molecule has 1 atom stereocenters. The molecular formula is C26H27FN4O2. The minimum Gasteiger partial charge on any atom is -0.381 e. The van der Waals surface area contributed by atoms with E-state index in [9.17, 15) is 10.1 Å². The van der Waals surface area contributed by atoms with Gasteiger partial charge < -0.3 is 15.4 Å². The zero-order chi connectivity index (χ0) is 23.4. The Labute approximate surface area is 192 Å². The first-order valence-corrected chi connectivity index (χ1v) is 11.3. The van der Waals surface area contributed by atoms with Gasteiger partial charge in [-0.1, -0.05) is 18.2 Å². The average molecular weight is 447 g/mol. The number of benzene rings is 2. The van der Waals surface area contributed by atoms with E-state index in [-0.39, 0.29) is 30.2 Å². The third kappa shape index (κ3) is 3.01. The standard InChI is InChI=1S/C26H27FN4O2/c1-31-15-22(32)26(30-24(31)29)23-19(17-5-3-4-16(12-17)14-28)6-7-21(27)20(23)13-25(26)10-8-18(33-2)9-11-25/h3-7,12,18H,8-11,13,15H2,1-2H3,(H2,29,30). The number of nitrogens with zero attached hydrogens (tertiary/aromatic N) is 3. The minimum atomic E-state index is -1.25. The van der Waals surface area contributed by atoms with E-state index >= 15 is 4.39 Å². The smallest absolute Gasteiger partial charge is 0.192 e. The number of ether oxygens (including phenoxy) is 1. The summed E-state index contributed by atoms with van der Waals surface area (Å²) in [4.78, 5) is 20.5. The third-order valence-corrected chi connectivity index (χ3v) is 7.88. The van der Waals surface area contributed by atoms with Gasteiger partial charge in [0, 0.05) is 25.1 Å². The van der Waals surface area contributed by atoms with Crippen LogP contribution in [0.4, 0.5) is 4.39 Å². The first-order chi connectivity index (χ1) is 15.8. The fourth-order valence-corrected chi connectivity index (χ4v) is 6.19. The normalized spacial score (nSPS) is 28.7. The minimum absolute atomic E-state index is 0.0582. The van der Waals surface area contributed by atoms with Crippen molar-refractivity contribution in [3.63, 3.8) is 0 Å². The van der Waals surface area contributed by atoms with Crippen LogP contribution in [0.2, 0.25) is 0 Å². The molecule has 1 unspecified atom stereocenters. The number of methoxy groups -OCH3 is 1. The summed E-state index contributed by atoms with van der Waals surface area (Å²) in [7, 11) is 3.45. The van der Waals surface area contributed by atoms with Gasteiger partial charge >= 0.3 is 0 Å². The molecule has 2 spiro atoms. The molecular weight excluding hydrogens is 419 g/mol. The highest BCUT2D eigenvalue weighted by atomic mass is 19.1. The Balaban J connectivity index is 1.80. The number of Topliss-reactive ketones (excluding diaryl/α,β-unsaturated/α-hetero) is 1. The Morgan fingerprint density at radius 1 is 1.27 bits per heavy atom. The van der Waals surface area contributed by atoms with Crippen LogP contribution < -0.4 is 5.73 Å². The number of rotatable bonds is 2. The number of likely N-dealkylation sites (N-methyl/N-ethyl adjacent to an activating group) is 1. The van der Waals surface area contributed by atoms with Crippen molar-refractivity contribution in [2.75, 3.05) is 20.7 Å². The van der Waals surface area contributed by atoms with Crippen LogP contribution in [-0.2, 0) is 21.5 Å². The summed E-state index contributed by atoms with van der Waals surface area (Å²) in [5.41, 5.74) is 7.70. The lowest BCUT2D eigenvalue weighted by molar-refractivity contribution is -0.132. The molecule has 1 fully saturated rings. The molecule has 2 aromatic rings. The second-order valence-corrected chi connectivity index (χ2v) is 9.49. The highest BCUT2D eigenvalue weighted by Gasteiger charge is 2.65. The zero-order valence-corrected chi connectivity index (χ0v) is 18.9. The SMILES string of the molecule is COC1CCC2(CC1)Cc1c(F)ccc(-c3cccc(C#N)c3)c1C21N=C(N)N(C)CC1=O. The number of carbonyl (C=O) groups is 1. The molecule has 1 saturated carbocycles. The summed E-state index contributed by atoms with van der Waals surface area (Å²) < 4.78 is 21.0. The molecule has 0 bridgehead atoms. The number of nitriles is 1. The monoisotopic (exact) mass is 446 g/mol. The molecule has 2 aliphatic carbocycles. The maximum Gasteiger partial charge on any atom is 0.192 e. The van der Waals surface area contributed by atoms with Crippen LogP contribution in [0.15, 0.2) is 41.4 Å². The van der Waals surface area contributed by atoms with Gasteiger partial charge in [0.15, 0.2) is 17.3 Å². The van der Waals surface area contributed by atoms with Crippen molar-refractivity contribution in [3.05, 3.63) is 58.9 Å². The Hall–Kier alpha value is -3.24. The summed E-state index contributed by atoms with van der Waals surface area (Å²) in [6.45, 7) is 0.123. The van der Waals surface area contributed by atoms with E-state index in [0.717, 1.165) is 24.0 Å². The number of ketones is 1. The number of hydrogen-bond donors (Lipinski definition) is 1. The van der Waals surface area contributed by atoms with Crippen LogP contribution in [0, 0.1) is 22.6 Å². The van der Waals surface area contributed by atoms with Crippen molar-refractivity contribution >= 4 is 11.7 Å². The van der Waals surface area contributed by atoms with Gasteiger partial charge in [-0.2, -0.15) is 5.26 Å². The number of hydrogen-bond acceptors (Lipinski definition) is 6. The molecule has 0 aromatic heterocycles. The van der Waals surface area contributed by atoms with E-state index in [1.807, 2.05) is 6.07 Å². The summed E-state index contributed by atoms with van der Waals surface area (Å²) in [6, 6.07) is 12.5. The van der Waals surface area contributed by atoms with Gasteiger partial charge in [-0.3, -0.25) is 4.79 Å². The summed E-state index contributed by atoms with van der Waals surface area (Å²) in [6.07, 6.45) is 3.52. The van der Waals surface area contributed by atoms with Crippen LogP contribution in [0.1, 0.15) is 42.4 Å². The van der Waals surface area contributed by atoms with Crippen LogP contribution in [0.25, 0.3) is 11.1 Å². The van der Waals surface area contributed by atoms with E-state index in [0.29, 0.717) is 36.0 Å².